The summed E-state index contributed by atoms with van der Waals surface area (Å²) in [7, 11) is 0. The summed E-state index contributed by atoms with van der Waals surface area (Å²) in [5, 5.41) is 0. The highest BCUT2D eigenvalue weighted by Crippen LogP contribution is 2.21. The molecule has 1 atom stereocenters. The van der Waals surface area contributed by atoms with E-state index in [-0.39, 0.29) is 6.04 Å². The van der Waals surface area contributed by atoms with Gasteiger partial charge >= 0.3 is 0 Å². The lowest BCUT2D eigenvalue weighted by atomic mass is 10.0. The van der Waals surface area contributed by atoms with Crippen LogP contribution in [-0.4, -0.2) is 6.61 Å². The molecule has 16 heavy (non-hydrogen) atoms. The summed E-state index contributed by atoms with van der Waals surface area (Å²) in [5.74, 6) is 3.51. The molecule has 1 aromatic rings. The second-order valence-electron chi connectivity index (χ2n) is 3.71. The van der Waals surface area contributed by atoms with Crippen LogP contribution in [0.1, 0.15) is 37.8 Å². The van der Waals surface area contributed by atoms with Crippen LogP contribution in [0, 0.1) is 12.3 Å². The van der Waals surface area contributed by atoms with Crippen molar-refractivity contribution in [3.63, 3.8) is 0 Å². The summed E-state index contributed by atoms with van der Waals surface area (Å²) < 4.78 is 5.43. The molecule has 2 nitrogen and oxygen atoms in total. The Morgan fingerprint density at radius 1 is 1.50 bits per heavy atom. The predicted molar refractivity (Wildman–Crippen MR) is 67.2 cm³/mol. The van der Waals surface area contributed by atoms with Crippen LogP contribution >= 0.6 is 0 Å². The van der Waals surface area contributed by atoms with Crippen molar-refractivity contribution in [3.05, 3.63) is 29.8 Å². The number of rotatable bonds is 6. The number of unbranched alkanes of at least 4 members (excludes halogenated alkanes) is 1. The summed E-state index contributed by atoms with van der Waals surface area (Å²) in [6.45, 7) is 2.65. The van der Waals surface area contributed by atoms with Crippen molar-refractivity contribution in [2.24, 2.45) is 5.73 Å². The molecule has 0 aromatic heterocycles. The van der Waals surface area contributed by atoms with Gasteiger partial charge in [-0.25, -0.2) is 0 Å². The van der Waals surface area contributed by atoms with Crippen LogP contribution in [0.4, 0.5) is 0 Å². The van der Waals surface area contributed by atoms with Crippen molar-refractivity contribution in [1.29, 1.82) is 0 Å². The zero-order chi connectivity index (χ0) is 11.8. The minimum absolute atomic E-state index is 0.0498. The fraction of sp³-hybridized carbons (Fsp3) is 0.429. The predicted octanol–water partition coefficient (Wildman–Crippen LogP) is 2.89. The molecule has 0 fully saturated rings. The number of ether oxygens (including phenoxy) is 1. The molecule has 0 aliphatic rings. The van der Waals surface area contributed by atoms with Gasteiger partial charge in [0, 0.05) is 12.5 Å². The number of terminal acetylenes is 1. The highest BCUT2D eigenvalue weighted by molar-refractivity contribution is 5.30. The van der Waals surface area contributed by atoms with Gasteiger partial charge in [0.25, 0.3) is 0 Å². The van der Waals surface area contributed by atoms with Crippen molar-refractivity contribution in [2.45, 2.75) is 32.2 Å². The zero-order valence-electron chi connectivity index (χ0n) is 9.78. The maximum absolute atomic E-state index is 6.08. The molecule has 1 unspecified atom stereocenters. The first kappa shape index (κ1) is 12.6. The highest BCUT2D eigenvalue weighted by atomic mass is 16.5. The average Bonchev–Trinajstić information content (AvgIpc) is 2.30. The van der Waals surface area contributed by atoms with Crippen LogP contribution < -0.4 is 10.5 Å². The summed E-state index contributed by atoms with van der Waals surface area (Å²) >= 11 is 0. The molecular formula is C14H19NO. The van der Waals surface area contributed by atoms with Crippen LogP contribution in [0.3, 0.4) is 0 Å². The molecule has 0 aliphatic heterocycles. The smallest absolute Gasteiger partial charge is 0.119 e. The van der Waals surface area contributed by atoms with Crippen molar-refractivity contribution in [2.75, 3.05) is 6.61 Å². The van der Waals surface area contributed by atoms with Crippen LogP contribution in [0.2, 0.25) is 0 Å². The molecule has 0 bridgehead atoms. The van der Waals surface area contributed by atoms with Crippen molar-refractivity contribution >= 4 is 0 Å². The number of hydrogen-bond donors (Lipinski definition) is 1. The molecular weight excluding hydrogens is 198 g/mol. The second-order valence-corrected chi connectivity index (χ2v) is 3.71. The molecule has 2 heteroatoms. The summed E-state index contributed by atoms with van der Waals surface area (Å²) in [6.07, 6.45) is 7.88. The molecule has 0 saturated carbocycles. The lowest BCUT2D eigenvalue weighted by Gasteiger charge is -2.12. The van der Waals surface area contributed by atoms with Gasteiger partial charge in [-0.15, -0.1) is 12.3 Å². The van der Waals surface area contributed by atoms with Gasteiger partial charge in [0.05, 0.1) is 6.61 Å². The normalized spacial score (nSPS) is 11.8. The Hall–Kier alpha value is -1.46. The van der Waals surface area contributed by atoms with E-state index < -0.39 is 0 Å². The molecule has 0 radical (unpaired) electrons. The first-order chi connectivity index (χ1) is 7.77. The first-order valence-corrected chi connectivity index (χ1v) is 5.69. The second kappa shape index (κ2) is 6.92. The molecule has 2 N–H and O–H groups in total. The fourth-order valence-electron chi connectivity index (χ4n) is 1.59. The standard InChI is InChI=1S/C14H19NO/c1-3-5-6-10-14(15)12-8-7-9-13(11-12)16-4-2/h1,7-9,11,14H,4-6,10,15H2,2H3. The van der Waals surface area contributed by atoms with Gasteiger partial charge in [-0.3, -0.25) is 0 Å². The topological polar surface area (TPSA) is 35.2 Å². The summed E-state index contributed by atoms with van der Waals surface area (Å²) in [5.41, 5.74) is 7.19. The van der Waals surface area contributed by atoms with E-state index in [1.54, 1.807) is 0 Å². The summed E-state index contributed by atoms with van der Waals surface area (Å²) in [4.78, 5) is 0. The highest BCUT2D eigenvalue weighted by Gasteiger charge is 2.06. The van der Waals surface area contributed by atoms with Crippen molar-refractivity contribution in [3.8, 4) is 18.1 Å². The zero-order valence-corrected chi connectivity index (χ0v) is 9.78. The molecule has 1 aromatic carbocycles. The largest absolute Gasteiger partial charge is 0.494 e. The molecule has 86 valence electrons. The number of hydrogen-bond acceptors (Lipinski definition) is 2. The van der Waals surface area contributed by atoms with Gasteiger partial charge in [0.1, 0.15) is 5.75 Å². The SMILES string of the molecule is C#CCCCC(N)c1cccc(OCC)c1. The summed E-state index contributed by atoms with van der Waals surface area (Å²) in [6, 6.07) is 8.00. The van der Waals surface area contributed by atoms with E-state index in [2.05, 4.69) is 5.92 Å². The van der Waals surface area contributed by atoms with Gasteiger partial charge < -0.3 is 10.5 Å². The lowest BCUT2D eigenvalue weighted by molar-refractivity contribution is 0.339. The van der Waals surface area contributed by atoms with Gasteiger partial charge in [-0.05, 0) is 37.5 Å². The fourth-order valence-corrected chi connectivity index (χ4v) is 1.59. The Kier molecular flexibility index (Phi) is 5.45. The third-order valence-corrected chi connectivity index (χ3v) is 2.43. The van der Waals surface area contributed by atoms with E-state index in [1.807, 2.05) is 31.2 Å². The van der Waals surface area contributed by atoms with Crippen LogP contribution in [0.25, 0.3) is 0 Å². The van der Waals surface area contributed by atoms with Crippen LogP contribution in [-0.2, 0) is 0 Å². The Balaban J connectivity index is 2.57. The Bertz CT molecular complexity index is 354. The molecule has 1 rings (SSSR count). The Morgan fingerprint density at radius 2 is 2.31 bits per heavy atom. The molecule has 0 aliphatic carbocycles. The third kappa shape index (κ3) is 3.96. The Morgan fingerprint density at radius 3 is 3.00 bits per heavy atom. The van der Waals surface area contributed by atoms with E-state index in [4.69, 9.17) is 16.9 Å². The molecule has 0 saturated heterocycles. The van der Waals surface area contributed by atoms with E-state index >= 15 is 0 Å². The lowest BCUT2D eigenvalue weighted by Crippen LogP contribution is -2.10. The van der Waals surface area contributed by atoms with E-state index in [9.17, 15) is 0 Å². The maximum Gasteiger partial charge on any atom is 0.119 e. The van der Waals surface area contributed by atoms with Gasteiger partial charge in [-0.2, -0.15) is 0 Å². The van der Waals surface area contributed by atoms with Crippen molar-refractivity contribution in [1.82, 2.24) is 0 Å². The number of benzene rings is 1. The Labute approximate surface area is 97.8 Å². The van der Waals surface area contributed by atoms with Gasteiger partial charge in [-0.1, -0.05) is 12.1 Å². The first-order valence-electron chi connectivity index (χ1n) is 5.69. The van der Waals surface area contributed by atoms with Gasteiger partial charge in [0.2, 0.25) is 0 Å². The minimum atomic E-state index is 0.0498. The van der Waals surface area contributed by atoms with Gasteiger partial charge in [0.15, 0.2) is 0 Å². The third-order valence-electron chi connectivity index (χ3n) is 2.43. The quantitative estimate of drug-likeness (QED) is 0.587. The van der Waals surface area contributed by atoms with E-state index in [1.165, 1.54) is 0 Å². The minimum Gasteiger partial charge on any atom is -0.494 e. The average molecular weight is 217 g/mol. The molecule has 0 spiro atoms. The maximum atomic E-state index is 6.08. The van der Waals surface area contributed by atoms with E-state index in [0.717, 1.165) is 30.6 Å². The van der Waals surface area contributed by atoms with E-state index in [0.29, 0.717) is 6.61 Å². The monoisotopic (exact) mass is 217 g/mol. The van der Waals surface area contributed by atoms with Crippen LogP contribution in [0.15, 0.2) is 24.3 Å². The van der Waals surface area contributed by atoms with Crippen molar-refractivity contribution < 1.29 is 4.74 Å². The van der Waals surface area contributed by atoms with Crippen LogP contribution in [0.5, 0.6) is 5.75 Å². The molecule has 0 heterocycles. The number of nitrogens with two attached hydrogens (primary N) is 1. The molecule has 0 amide bonds.